The molecule has 0 bridgehead atoms. The molecule has 0 N–H and O–H groups in total. The number of aromatic nitrogens is 4. The van der Waals surface area contributed by atoms with Crippen molar-refractivity contribution < 1.29 is 12.8 Å². The van der Waals surface area contributed by atoms with Crippen LogP contribution in [0.2, 0.25) is 0 Å². The zero-order chi connectivity index (χ0) is 20.5. The van der Waals surface area contributed by atoms with Crippen molar-refractivity contribution in [2.24, 2.45) is 7.05 Å². The van der Waals surface area contributed by atoms with E-state index in [9.17, 15) is 12.8 Å². The minimum atomic E-state index is -3.55. The summed E-state index contributed by atoms with van der Waals surface area (Å²) in [5.41, 5.74) is 3.16. The number of hydrogen-bond donors (Lipinski definition) is 0. The van der Waals surface area contributed by atoms with Gasteiger partial charge >= 0.3 is 0 Å². The van der Waals surface area contributed by atoms with Gasteiger partial charge in [0, 0.05) is 43.7 Å². The maximum atomic E-state index is 14.1. The predicted octanol–water partition coefficient (Wildman–Crippen LogP) is 2.15. The van der Waals surface area contributed by atoms with Crippen LogP contribution in [0.25, 0.3) is 0 Å². The average molecular weight is 405 g/mol. The van der Waals surface area contributed by atoms with E-state index in [4.69, 9.17) is 0 Å². The molecule has 0 amide bonds. The lowest BCUT2D eigenvalue weighted by Crippen LogP contribution is -2.21. The standard InChI is InChI=1S/C19H24FN5O2S/c1-14-16(11-24(3)22-14)10-23(2)13-17-9-21-19(28(4,26)27)25(17)12-15-7-5-6-8-18(15)20/h5-9,11H,10,12-13H2,1-4H3. The first-order valence-electron chi connectivity index (χ1n) is 8.80. The molecule has 1 aromatic carbocycles. The van der Waals surface area contributed by atoms with E-state index in [1.165, 1.54) is 6.07 Å². The van der Waals surface area contributed by atoms with Gasteiger partial charge < -0.3 is 4.57 Å². The molecule has 0 saturated heterocycles. The number of nitrogens with zero attached hydrogens (tertiary/aromatic N) is 5. The second-order valence-electron chi connectivity index (χ2n) is 7.07. The minimum absolute atomic E-state index is 0.0586. The molecule has 0 aliphatic carbocycles. The highest BCUT2D eigenvalue weighted by atomic mass is 32.2. The summed E-state index contributed by atoms with van der Waals surface area (Å²) in [6.45, 7) is 3.17. The summed E-state index contributed by atoms with van der Waals surface area (Å²) in [7, 11) is 0.265. The first kappa shape index (κ1) is 20.2. The van der Waals surface area contributed by atoms with Crippen LogP contribution < -0.4 is 0 Å². The summed E-state index contributed by atoms with van der Waals surface area (Å²) < 4.78 is 41.8. The average Bonchev–Trinajstić information content (AvgIpc) is 3.12. The third-order valence-corrected chi connectivity index (χ3v) is 5.50. The Morgan fingerprint density at radius 2 is 1.89 bits per heavy atom. The van der Waals surface area contributed by atoms with E-state index in [2.05, 4.69) is 10.1 Å². The molecule has 3 rings (SSSR count). The summed E-state index contributed by atoms with van der Waals surface area (Å²) in [5, 5.41) is 4.28. The molecule has 2 aromatic heterocycles. The van der Waals surface area contributed by atoms with Crippen molar-refractivity contribution in [2.45, 2.75) is 31.7 Å². The van der Waals surface area contributed by atoms with Crippen LogP contribution in [0.1, 0.15) is 22.5 Å². The van der Waals surface area contributed by atoms with Gasteiger partial charge in [0.2, 0.25) is 15.0 Å². The molecule has 0 saturated carbocycles. The Labute approximate surface area is 164 Å². The monoisotopic (exact) mass is 405 g/mol. The summed E-state index contributed by atoms with van der Waals surface area (Å²) in [6, 6.07) is 6.35. The number of sulfone groups is 1. The second-order valence-corrected chi connectivity index (χ2v) is 8.98. The molecule has 3 aromatic rings. The van der Waals surface area contributed by atoms with E-state index in [1.807, 2.05) is 32.1 Å². The second kappa shape index (κ2) is 7.84. The van der Waals surface area contributed by atoms with Crippen molar-refractivity contribution in [3.63, 3.8) is 0 Å². The van der Waals surface area contributed by atoms with Crippen molar-refractivity contribution in [3.8, 4) is 0 Å². The van der Waals surface area contributed by atoms with Crippen LogP contribution in [-0.2, 0) is 36.5 Å². The Morgan fingerprint density at radius 3 is 2.50 bits per heavy atom. The summed E-state index contributed by atoms with van der Waals surface area (Å²) in [5.74, 6) is -0.374. The van der Waals surface area contributed by atoms with E-state index in [0.29, 0.717) is 24.3 Å². The molecule has 0 spiro atoms. The van der Waals surface area contributed by atoms with Crippen LogP contribution >= 0.6 is 0 Å². The molecular formula is C19H24FN5O2S. The normalized spacial score (nSPS) is 12.1. The fourth-order valence-electron chi connectivity index (χ4n) is 3.21. The highest BCUT2D eigenvalue weighted by Gasteiger charge is 2.21. The molecule has 0 atom stereocenters. The molecule has 0 unspecified atom stereocenters. The lowest BCUT2D eigenvalue weighted by molar-refractivity contribution is 0.308. The van der Waals surface area contributed by atoms with Crippen LogP contribution in [0, 0.1) is 12.7 Å². The fourth-order valence-corrected chi connectivity index (χ4v) is 4.03. The van der Waals surface area contributed by atoms with Gasteiger partial charge in [-0.25, -0.2) is 17.8 Å². The molecule has 0 aliphatic heterocycles. The summed E-state index contributed by atoms with van der Waals surface area (Å²) in [4.78, 5) is 6.15. The SMILES string of the molecule is Cc1nn(C)cc1CN(C)Cc1cnc(S(C)(=O)=O)n1Cc1ccccc1F. The van der Waals surface area contributed by atoms with Gasteiger partial charge in [0.1, 0.15) is 5.82 Å². The van der Waals surface area contributed by atoms with E-state index < -0.39 is 9.84 Å². The van der Waals surface area contributed by atoms with Gasteiger partial charge in [0.25, 0.3) is 0 Å². The number of imidazole rings is 1. The van der Waals surface area contributed by atoms with Crippen molar-refractivity contribution in [2.75, 3.05) is 13.3 Å². The number of hydrogen-bond acceptors (Lipinski definition) is 5. The zero-order valence-electron chi connectivity index (χ0n) is 16.4. The minimum Gasteiger partial charge on any atom is -0.313 e. The van der Waals surface area contributed by atoms with Gasteiger partial charge in [-0.15, -0.1) is 0 Å². The fraction of sp³-hybridized carbons (Fsp3) is 0.368. The molecule has 150 valence electrons. The quantitative estimate of drug-likeness (QED) is 0.602. The largest absolute Gasteiger partial charge is 0.313 e. The van der Waals surface area contributed by atoms with Gasteiger partial charge in [-0.2, -0.15) is 5.10 Å². The maximum Gasteiger partial charge on any atom is 0.227 e. The highest BCUT2D eigenvalue weighted by molar-refractivity contribution is 7.90. The molecule has 2 heterocycles. The van der Waals surface area contributed by atoms with Gasteiger partial charge in [-0.3, -0.25) is 9.58 Å². The van der Waals surface area contributed by atoms with E-state index >= 15 is 0 Å². The molecule has 7 nitrogen and oxygen atoms in total. The third-order valence-electron chi connectivity index (χ3n) is 4.51. The smallest absolute Gasteiger partial charge is 0.227 e. The van der Waals surface area contributed by atoms with Gasteiger partial charge in [-0.05, 0) is 20.0 Å². The molecule has 9 heteroatoms. The molecule has 0 radical (unpaired) electrons. The Bertz CT molecular complexity index is 1090. The topological polar surface area (TPSA) is 73.0 Å². The number of halogens is 1. The number of aryl methyl sites for hydroxylation is 2. The number of benzene rings is 1. The Balaban J connectivity index is 1.89. The molecule has 0 aliphatic rings. The van der Waals surface area contributed by atoms with Gasteiger partial charge in [0.15, 0.2) is 0 Å². The first-order chi connectivity index (χ1) is 13.1. The lowest BCUT2D eigenvalue weighted by atomic mass is 10.2. The maximum absolute atomic E-state index is 14.1. The van der Waals surface area contributed by atoms with Crippen molar-refractivity contribution in [1.29, 1.82) is 0 Å². The van der Waals surface area contributed by atoms with E-state index in [0.717, 1.165) is 17.5 Å². The summed E-state index contributed by atoms with van der Waals surface area (Å²) in [6.07, 6.45) is 4.62. The van der Waals surface area contributed by atoms with Crippen LogP contribution in [-0.4, -0.2) is 46.0 Å². The predicted molar refractivity (Wildman–Crippen MR) is 104 cm³/mol. The Hall–Kier alpha value is -2.52. The molecule has 0 fully saturated rings. The Kier molecular flexibility index (Phi) is 5.66. The third kappa shape index (κ3) is 4.48. The Morgan fingerprint density at radius 1 is 1.18 bits per heavy atom. The van der Waals surface area contributed by atoms with Crippen molar-refractivity contribution in [1.82, 2.24) is 24.2 Å². The van der Waals surface area contributed by atoms with Gasteiger partial charge in [0.05, 0.1) is 24.1 Å². The van der Waals surface area contributed by atoms with Gasteiger partial charge in [-0.1, -0.05) is 18.2 Å². The number of rotatable bonds is 7. The zero-order valence-corrected chi connectivity index (χ0v) is 17.2. The molecule has 28 heavy (non-hydrogen) atoms. The van der Waals surface area contributed by atoms with Crippen molar-refractivity contribution >= 4 is 9.84 Å². The van der Waals surface area contributed by atoms with Crippen molar-refractivity contribution in [3.05, 3.63) is 65.0 Å². The van der Waals surface area contributed by atoms with Crippen LogP contribution in [0.5, 0.6) is 0 Å². The first-order valence-corrected chi connectivity index (χ1v) is 10.7. The summed E-state index contributed by atoms with van der Waals surface area (Å²) >= 11 is 0. The van der Waals surface area contributed by atoms with Crippen LogP contribution in [0.4, 0.5) is 4.39 Å². The van der Waals surface area contributed by atoms with E-state index in [-0.39, 0.29) is 17.5 Å². The van der Waals surface area contributed by atoms with Crippen LogP contribution in [0.3, 0.4) is 0 Å². The van der Waals surface area contributed by atoms with E-state index in [1.54, 1.807) is 33.6 Å². The van der Waals surface area contributed by atoms with Crippen LogP contribution in [0.15, 0.2) is 41.8 Å². The molecular weight excluding hydrogens is 381 g/mol. The lowest BCUT2D eigenvalue weighted by Gasteiger charge is -2.18. The highest BCUT2D eigenvalue weighted by Crippen LogP contribution is 2.18.